The van der Waals surface area contributed by atoms with Crippen LogP contribution in [0.2, 0.25) is 0 Å². The number of para-hydroxylation sites is 1. The number of hydrogen-bond donors (Lipinski definition) is 2. The predicted octanol–water partition coefficient (Wildman–Crippen LogP) is 2.57. The number of carboxylic acids is 1. The van der Waals surface area contributed by atoms with E-state index in [4.69, 9.17) is 5.11 Å². The largest absolute Gasteiger partial charge is 0.507 e. The molecule has 0 radical (unpaired) electrons. The van der Waals surface area contributed by atoms with E-state index in [9.17, 15) is 19.5 Å². The lowest BCUT2D eigenvalue weighted by Crippen LogP contribution is -2.30. The number of likely N-dealkylation sites (tertiary alicyclic amines) is 1. The molecule has 6 nitrogen and oxygen atoms in total. The lowest BCUT2D eigenvalue weighted by Gasteiger charge is -2.12. The molecule has 1 fully saturated rings. The molecule has 1 aliphatic heterocycles. The van der Waals surface area contributed by atoms with E-state index in [0.29, 0.717) is 30.5 Å². The monoisotopic (exact) mass is 331 g/mol. The van der Waals surface area contributed by atoms with Gasteiger partial charge in [0, 0.05) is 24.1 Å². The van der Waals surface area contributed by atoms with Crippen molar-refractivity contribution in [2.45, 2.75) is 38.5 Å². The maximum absolute atomic E-state index is 12.3. The van der Waals surface area contributed by atoms with Gasteiger partial charge >= 0.3 is 5.97 Å². The lowest BCUT2D eigenvalue weighted by atomic mass is 10.1. The van der Waals surface area contributed by atoms with Crippen LogP contribution in [0.15, 0.2) is 29.8 Å². The molecule has 2 rings (SSSR count). The van der Waals surface area contributed by atoms with Gasteiger partial charge < -0.3 is 10.2 Å². The molecule has 0 saturated carbocycles. The summed E-state index contributed by atoms with van der Waals surface area (Å²) in [7, 11) is 0. The number of rotatable bonds is 8. The Morgan fingerprint density at radius 3 is 2.54 bits per heavy atom. The van der Waals surface area contributed by atoms with E-state index in [2.05, 4.69) is 0 Å². The van der Waals surface area contributed by atoms with Crippen LogP contribution in [-0.2, 0) is 14.4 Å². The zero-order chi connectivity index (χ0) is 17.5. The number of benzene rings is 1. The van der Waals surface area contributed by atoms with Crippen LogP contribution in [-0.4, -0.2) is 39.4 Å². The molecule has 0 atom stereocenters. The number of phenolic OH excluding ortho intramolecular Hbond substituents is 1. The van der Waals surface area contributed by atoms with Crippen LogP contribution in [0.25, 0.3) is 6.08 Å². The summed E-state index contributed by atoms with van der Waals surface area (Å²) in [5.41, 5.74) is 0.900. The number of carboxylic acid groups (broad SMARTS) is 1. The van der Waals surface area contributed by atoms with E-state index in [-0.39, 0.29) is 30.4 Å². The minimum atomic E-state index is -0.807. The van der Waals surface area contributed by atoms with Gasteiger partial charge in [0.1, 0.15) is 5.75 Å². The van der Waals surface area contributed by atoms with Gasteiger partial charge in [-0.1, -0.05) is 31.0 Å². The fraction of sp³-hybridized carbons (Fsp3) is 0.389. The predicted molar refractivity (Wildman–Crippen MR) is 88.1 cm³/mol. The summed E-state index contributed by atoms with van der Waals surface area (Å²) in [6, 6.07) is 6.66. The lowest BCUT2D eigenvalue weighted by molar-refractivity contribution is -0.138. The molecule has 0 unspecified atom stereocenters. The first-order valence-electron chi connectivity index (χ1n) is 8.04. The number of aliphatic carboxylic acids is 1. The number of carbonyl (C=O) groups is 3. The van der Waals surface area contributed by atoms with Crippen LogP contribution in [0.4, 0.5) is 0 Å². The van der Waals surface area contributed by atoms with Crippen LogP contribution in [0.1, 0.15) is 44.1 Å². The molecule has 0 aliphatic carbocycles. The second kappa shape index (κ2) is 8.29. The molecule has 0 spiro atoms. The Labute approximate surface area is 140 Å². The Morgan fingerprint density at radius 1 is 1.12 bits per heavy atom. The zero-order valence-electron chi connectivity index (χ0n) is 13.4. The minimum absolute atomic E-state index is 0.0478. The summed E-state index contributed by atoms with van der Waals surface area (Å²) in [5, 5.41) is 18.3. The first kappa shape index (κ1) is 17.7. The molecule has 2 amide bonds. The summed E-state index contributed by atoms with van der Waals surface area (Å²) >= 11 is 0. The second-order valence-corrected chi connectivity index (χ2v) is 5.81. The maximum atomic E-state index is 12.3. The Morgan fingerprint density at radius 2 is 1.83 bits per heavy atom. The highest BCUT2D eigenvalue weighted by Crippen LogP contribution is 2.25. The molecule has 1 aliphatic rings. The van der Waals surface area contributed by atoms with Crippen molar-refractivity contribution in [1.82, 2.24) is 4.90 Å². The third-order valence-electron chi connectivity index (χ3n) is 3.95. The van der Waals surface area contributed by atoms with Gasteiger partial charge in [-0.15, -0.1) is 0 Å². The van der Waals surface area contributed by atoms with Gasteiger partial charge in [-0.2, -0.15) is 0 Å². The zero-order valence-corrected chi connectivity index (χ0v) is 13.4. The van der Waals surface area contributed by atoms with Crippen LogP contribution in [0, 0.1) is 0 Å². The van der Waals surface area contributed by atoms with Crippen molar-refractivity contribution in [3.05, 3.63) is 35.4 Å². The number of imide groups is 1. The van der Waals surface area contributed by atoms with Crippen LogP contribution in [0.5, 0.6) is 5.75 Å². The Hall–Kier alpha value is -2.63. The van der Waals surface area contributed by atoms with Crippen molar-refractivity contribution >= 4 is 23.9 Å². The van der Waals surface area contributed by atoms with Crippen molar-refractivity contribution in [1.29, 1.82) is 0 Å². The fourth-order valence-corrected chi connectivity index (χ4v) is 2.66. The summed E-state index contributed by atoms with van der Waals surface area (Å²) in [6.45, 7) is 0.350. The van der Waals surface area contributed by atoms with Crippen molar-refractivity contribution < 1.29 is 24.6 Å². The molecule has 1 saturated heterocycles. The highest BCUT2D eigenvalue weighted by Gasteiger charge is 2.33. The molecular weight excluding hydrogens is 310 g/mol. The quantitative estimate of drug-likeness (QED) is 0.434. The average molecular weight is 331 g/mol. The topological polar surface area (TPSA) is 94.9 Å². The van der Waals surface area contributed by atoms with Crippen LogP contribution < -0.4 is 0 Å². The summed E-state index contributed by atoms with van der Waals surface area (Å²) in [4.78, 5) is 36.0. The number of hydrogen-bond acceptors (Lipinski definition) is 4. The highest BCUT2D eigenvalue weighted by atomic mass is 16.4. The third kappa shape index (κ3) is 4.68. The van der Waals surface area contributed by atoms with Crippen molar-refractivity contribution in [2.75, 3.05) is 6.54 Å². The molecule has 128 valence electrons. The first-order valence-corrected chi connectivity index (χ1v) is 8.04. The van der Waals surface area contributed by atoms with Crippen molar-refractivity contribution in [2.24, 2.45) is 0 Å². The summed E-state index contributed by atoms with van der Waals surface area (Å²) < 4.78 is 0. The smallest absolute Gasteiger partial charge is 0.303 e. The second-order valence-electron chi connectivity index (χ2n) is 5.81. The number of carbonyl (C=O) groups excluding carboxylic acids is 2. The van der Waals surface area contributed by atoms with E-state index in [1.165, 1.54) is 11.0 Å². The van der Waals surface area contributed by atoms with Crippen molar-refractivity contribution in [3.63, 3.8) is 0 Å². The third-order valence-corrected chi connectivity index (χ3v) is 3.95. The van der Waals surface area contributed by atoms with Gasteiger partial charge in [-0.3, -0.25) is 19.3 Å². The molecule has 6 heteroatoms. The summed E-state index contributed by atoms with van der Waals surface area (Å²) in [5.74, 6) is -1.28. The molecule has 24 heavy (non-hydrogen) atoms. The number of nitrogens with zero attached hydrogens (tertiary/aromatic N) is 1. The van der Waals surface area contributed by atoms with Crippen molar-refractivity contribution in [3.8, 4) is 5.75 Å². The normalized spacial score (nSPS) is 16.2. The Kier molecular flexibility index (Phi) is 6.12. The van der Waals surface area contributed by atoms with Crippen LogP contribution >= 0.6 is 0 Å². The molecule has 1 heterocycles. The van der Waals surface area contributed by atoms with E-state index >= 15 is 0 Å². The van der Waals surface area contributed by atoms with Gasteiger partial charge in [0.15, 0.2) is 0 Å². The van der Waals surface area contributed by atoms with Gasteiger partial charge in [0.25, 0.3) is 5.91 Å². The number of unbranched alkanes of at least 4 members (excludes halogenated alkanes) is 3. The van der Waals surface area contributed by atoms with E-state index in [0.717, 1.165) is 12.8 Å². The SMILES string of the molecule is O=C(O)CCCCCCN1C(=O)C/C(=C\c2ccccc2O)C1=O. The van der Waals surface area contributed by atoms with E-state index in [1.807, 2.05) is 0 Å². The molecule has 1 aromatic carbocycles. The van der Waals surface area contributed by atoms with Gasteiger partial charge in [0.2, 0.25) is 5.91 Å². The maximum Gasteiger partial charge on any atom is 0.303 e. The molecule has 0 aromatic heterocycles. The number of aromatic hydroxyl groups is 1. The van der Waals surface area contributed by atoms with Gasteiger partial charge in [-0.25, -0.2) is 0 Å². The average Bonchev–Trinajstić information content (AvgIpc) is 2.79. The minimum Gasteiger partial charge on any atom is -0.507 e. The van der Waals surface area contributed by atoms with E-state index in [1.54, 1.807) is 24.3 Å². The van der Waals surface area contributed by atoms with Gasteiger partial charge in [-0.05, 0) is 25.0 Å². The highest BCUT2D eigenvalue weighted by molar-refractivity contribution is 6.15. The molecular formula is C18H21NO5. The Bertz CT molecular complexity index is 665. The number of phenols is 1. The number of amides is 2. The molecule has 2 N–H and O–H groups in total. The molecule has 1 aromatic rings. The Balaban J connectivity index is 1.87. The molecule has 0 bridgehead atoms. The van der Waals surface area contributed by atoms with E-state index < -0.39 is 5.97 Å². The summed E-state index contributed by atoms with van der Waals surface area (Å²) in [6.07, 6.45) is 4.58. The first-order chi connectivity index (χ1) is 11.5. The fourth-order valence-electron chi connectivity index (χ4n) is 2.66. The van der Waals surface area contributed by atoms with Crippen LogP contribution in [0.3, 0.4) is 0 Å². The van der Waals surface area contributed by atoms with Gasteiger partial charge in [0.05, 0.1) is 6.42 Å². The standard InChI is InChI=1S/C18H21NO5/c20-15-8-5-4-7-13(15)11-14-12-16(21)19(18(14)24)10-6-2-1-3-9-17(22)23/h4-5,7-8,11,20H,1-3,6,9-10,12H2,(H,22,23)/b14-11+.